The molecule has 2 amide bonds. The van der Waals surface area contributed by atoms with E-state index in [1.54, 1.807) is 24.3 Å². The molecule has 1 fully saturated rings. The number of carbonyl (C=O) groups is 2. The Bertz CT molecular complexity index is 480. The van der Waals surface area contributed by atoms with E-state index in [1.807, 2.05) is 0 Å². The van der Waals surface area contributed by atoms with Gasteiger partial charge < -0.3 is 15.0 Å². The van der Waals surface area contributed by atoms with Gasteiger partial charge in [0.2, 0.25) is 0 Å². The van der Waals surface area contributed by atoms with Crippen LogP contribution in [0.25, 0.3) is 0 Å². The van der Waals surface area contributed by atoms with Gasteiger partial charge in [0.25, 0.3) is 0 Å². The average molecular weight is 301 g/mol. The van der Waals surface area contributed by atoms with Gasteiger partial charge in [-0.05, 0) is 24.3 Å². The predicted molar refractivity (Wildman–Crippen MR) is 75.4 cm³/mol. The molecule has 2 rings (SSSR count). The first-order chi connectivity index (χ1) is 9.11. The van der Waals surface area contributed by atoms with Crippen LogP contribution in [0, 0.1) is 0 Å². The number of esters is 1. The van der Waals surface area contributed by atoms with E-state index in [-0.39, 0.29) is 6.03 Å². The Kier molecular flexibility index (Phi) is 4.55. The van der Waals surface area contributed by atoms with Crippen LogP contribution in [0.1, 0.15) is 0 Å². The number of nitrogens with zero attached hydrogens (tertiary/aromatic N) is 1. The molecule has 0 aromatic heterocycles. The first-order valence-corrected chi connectivity index (χ1v) is 7.14. The van der Waals surface area contributed by atoms with Gasteiger partial charge >= 0.3 is 12.0 Å². The molecule has 5 nitrogen and oxygen atoms in total. The van der Waals surface area contributed by atoms with E-state index in [9.17, 15) is 9.59 Å². The lowest BCUT2D eigenvalue weighted by atomic mass is 10.3. The molecular formula is C12H13ClN2O3S. The van der Waals surface area contributed by atoms with Crippen molar-refractivity contribution in [1.82, 2.24) is 4.90 Å². The second kappa shape index (κ2) is 6.16. The third-order valence-electron chi connectivity index (χ3n) is 2.71. The van der Waals surface area contributed by atoms with Crippen LogP contribution in [-0.2, 0) is 9.53 Å². The molecule has 0 bridgehead atoms. The third-order valence-corrected chi connectivity index (χ3v) is 3.98. The number of halogens is 1. The van der Waals surface area contributed by atoms with Gasteiger partial charge in [-0.25, -0.2) is 9.59 Å². The molecule has 1 heterocycles. The summed E-state index contributed by atoms with van der Waals surface area (Å²) in [7, 11) is 1.32. The monoisotopic (exact) mass is 300 g/mol. The lowest BCUT2D eigenvalue weighted by Gasteiger charge is -2.22. The summed E-state index contributed by atoms with van der Waals surface area (Å²) in [5.74, 6) is 0.635. The minimum atomic E-state index is -0.526. The highest BCUT2D eigenvalue weighted by atomic mass is 35.5. The van der Waals surface area contributed by atoms with E-state index in [0.29, 0.717) is 22.3 Å². The number of hydrogen-bond acceptors (Lipinski definition) is 4. The van der Waals surface area contributed by atoms with Crippen molar-refractivity contribution in [2.24, 2.45) is 0 Å². The van der Waals surface area contributed by atoms with Crippen LogP contribution in [0.2, 0.25) is 5.02 Å². The summed E-state index contributed by atoms with van der Waals surface area (Å²) in [6.07, 6.45) is 0. The molecule has 1 saturated heterocycles. The van der Waals surface area contributed by atoms with E-state index >= 15 is 0 Å². The van der Waals surface area contributed by atoms with Gasteiger partial charge in [-0.1, -0.05) is 11.6 Å². The molecule has 19 heavy (non-hydrogen) atoms. The molecule has 1 atom stereocenters. The number of nitrogens with one attached hydrogen (secondary N) is 1. The number of ether oxygens (including phenoxy) is 1. The molecule has 1 N–H and O–H groups in total. The Balaban J connectivity index is 2.03. The minimum Gasteiger partial charge on any atom is -0.467 e. The van der Waals surface area contributed by atoms with Crippen LogP contribution in [0.4, 0.5) is 10.5 Å². The molecule has 0 radical (unpaired) electrons. The Morgan fingerprint density at radius 2 is 2.11 bits per heavy atom. The SMILES string of the molecule is COC(=O)C1CSCN1C(=O)Nc1ccc(Cl)cc1. The fourth-order valence-corrected chi connectivity index (χ4v) is 2.97. The number of hydrogen-bond donors (Lipinski definition) is 1. The molecular weight excluding hydrogens is 288 g/mol. The Labute approximate surface area is 120 Å². The molecule has 0 spiro atoms. The standard InChI is InChI=1S/C12H13ClN2O3S/c1-18-11(16)10-6-19-7-15(10)12(17)14-9-4-2-8(13)3-5-9/h2-5,10H,6-7H2,1H3,(H,14,17). The molecule has 1 unspecified atom stereocenters. The number of methoxy groups -OCH3 is 1. The Morgan fingerprint density at radius 3 is 2.74 bits per heavy atom. The summed E-state index contributed by atoms with van der Waals surface area (Å²) in [5.41, 5.74) is 0.634. The summed E-state index contributed by atoms with van der Waals surface area (Å²) in [6, 6.07) is 5.94. The molecule has 1 aromatic carbocycles. The minimum absolute atomic E-state index is 0.317. The van der Waals surface area contributed by atoms with Crippen LogP contribution < -0.4 is 5.32 Å². The van der Waals surface area contributed by atoms with Crippen molar-refractivity contribution in [3.63, 3.8) is 0 Å². The summed E-state index contributed by atoms with van der Waals surface area (Å²) < 4.78 is 4.69. The number of benzene rings is 1. The third kappa shape index (κ3) is 3.33. The quantitative estimate of drug-likeness (QED) is 0.852. The van der Waals surface area contributed by atoms with Crippen molar-refractivity contribution in [1.29, 1.82) is 0 Å². The first kappa shape index (κ1) is 14.0. The van der Waals surface area contributed by atoms with Crippen molar-refractivity contribution < 1.29 is 14.3 Å². The average Bonchev–Trinajstić information content (AvgIpc) is 2.90. The van der Waals surface area contributed by atoms with Crippen molar-refractivity contribution in [3.05, 3.63) is 29.3 Å². The number of thioether (sulfide) groups is 1. The maximum atomic E-state index is 12.1. The van der Waals surface area contributed by atoms with Crippen molar-refractivity contribution in [2.75, 3.05) is 24.1 Å². The lowest BCUT2D eigenvalue weighted by Crippen LogP contribution is -2.44. The first-order valence-electron chi connectivity index (χ1n) is 5.60. The Morgan fingerprint density at radius 1 is 1.42 bits per heavy atom. The van der Waals surface area contributed by atoms with E-state index < -0.39 is 12.0 Å². The van der Waals surface area contributed by atoms with Gasteiger partial charge in [-0.15, -0.1) is 11.8 Å². The Hall–Kier alpha value is -1.40. The number of urea groups is 1. The summed E-state index contributed by atoms with van der Waals surface area (Å²) in [5, 5.41) is 3.33. The number of amides is 2. The molecule has 0 aliphatic carbocycles. The summed E-state index contributed by atoms with van der Waals surface area (Å²) >= 11 is 7.29. The van der Waals surface area contributed by atoms with Crippen molar-refractivity contribution >= 4 is 41.1 Å². The van der Waals surface area contributed by atoms with Crippen molar-refractivity contribution in [2.45, 2.75) is 6.04 Å². The number of carbonyl (C=O) groups excluding carboxylic acids is 2. The molecule has 1 aliphatic heterocycles. The van der Waals surface area contributed by atoms with Gasteiger partial charge in [0.05, 0.1) is 13.0 Å². The molecule has 7 heteroatoms. The predicted octanol–water partition coefficient (Wildman–Crippen LogP) is 2.42. The van der Waals surface area contributed by atoms with E-state index in [1.165, 1.54) is 23.8 Å². The van der Waals surface area contributed by atoms with E-state index in [4.69, 9.17) is 11.6 Å². The van der Waals surface area contributed by atoms with Gasteiger partial charge in [-0.2, -0.15) is 0 Å². The second-order valence-electron chi connectivity index (χ2n) is 3.95. The fourth-order valence-electron chi connectivity index (χ4n) is 1.70. The molecule has 102 valence electrons. The van der Waals surface area contributed by atoms with Crippen LogP contribution >= 0.6 is 23.4 Å². The van der Waals surface area contributed by atoms with E-state index in [2.05, 4.69) is 10.1 Å². The van der Waals surface area contributed by atoms with Crippen LogP contribution in [0.3, 0.4) is 0 Å². The zero-order valence-corrected chi connectivity index (χ0v) is 11.8. The normalized spacial score (nSPS) is 18.2. The lowest BCUT2D eigenvalue weighted by molar-refractivity contribution is -0.144. The van der Waals surface area contributed by atoms with Crippen molar-refractivity contribution in [3.8, 4) is 0 Å². The van der Waals surface area contributed by atoms with Gasteiger partial charge in [0.15, 0.2) is 0 Å². The van der Waals surface area contributed by atoms with Gasteiger partial charge in [0, 0.05) is 16.5 Å². The maximum Gasteiger partial charge on any atom is 0.329 e. The fraction of sp³-hybridized carbons (Fsp3) is 0.333. The largest absolute Gasteiger partial charge is 0.467 e. The zero-order chi connectivity index (χ0) is 13.8. The second-order valence-corrected chi connectivity index (χ2v) is 5.38. The highest BCUT2D eigenvalue weighted by molar-refractivity contribution is 7.99. The van der Waals surface area contributed by atoms with Crippen LogP contribution in [0.15, 0.2) is 24.3 Å². The smallest absolute Gasteiger partial charge is 0.329 e. The highest BCUT2D eigenvalue weighted by Crippen LogP contribution is 2.23. The summed E-state index contributed by atoms with van der Waals surface area (Å²) in [4.78, 5) is 25.1. The molecule has 0 saturated carbocycles. The maximum absolute atomic E-state index is 12.1. The topological polar surface area (TPSA) is 58.6 Å². The van der Waals surface area contributed by atoms with Gasteiger partial charge in [0.1, 0.15) is 6.04 Å². The van der Waals surface area contributed by atoms with Crippen LogP contribution in [0.5, 0.6) is 0 Å². The number of rotatable bonds is 2. The highest BCUT2D eigenvalue weighted by Gasteiger charge is 2.35. The molecule has 1 aromatic rings. The van der Waals surface area contributed by atoms with Crippen LogP contribution in [-0.4, -0.2) is 41.7 Å². The van der Waals surface area contributed by atoms with E-state index in [0.717, 1.165) is 0 Å². The number of anilines is 1. The molecule has 1 aliphatic rings. The van der Waals surface area contributed by atoms with Gasteiger partial charge in [-0.3, -0.25) is 0 Å². The zero-order valence-electron chi connectivity index (χ0n) is 10.3. The summed E-state index contributed by atoms with van der Waals surface area (Å²) in [6.45, 7) is 0.